The first kappa shape index (κ1) is 13.4. The SMILES string of the molecule is CCNC(c1ccc(OC)cc1)C1(C)CCCO1. The van der Waals surface area contributed by atoms with E-state index in [-0.39, 0.29) is 11.6 Å². The molecule has 2 unspecified atom stereocenters. The highest BCUT2D eigenvalue weighted by atomic mass is 16.5. The van der Waals surface area contributed by atoms with E-state index >= 15 is 0 Å². The van der Waals surface area contributed by atoms with E-state index in [4.69, 9.17) is 9.47 Å². The second-order valence-electron chi connectivity index (χ2n) is 5.03. The summed E-state index contributed by atoms with van der Waals surface area (Å²) >= 11 is 0. The van der Waals surface area contributed by atoms with Crippen molar-refractivity contribution in [2.75, 3.05) is 20.3 Å². The Morgan fingerprint density at radius 2 is 2.11 bits per heavy atom. The van der Waals surface area contributed by atoms with Gasteiger partial charge in [0.2, 0.25) is 0 Å². The van der Waals surface area contributed by atoms with Crippen LogP contribution in [0.15, 0.2) is 24.3 Å². The summed E-state index contributed by atoms with van der Waals surface area (Å²) in [7, 11) is 1.69. The summed E-state index contributed by atoms with van der Waals surface area (Å²) in [6.45, 7) is 6.15. The highest BCUT2D eigenvalue weighted by Gasteiger charge is 2.38. The van der Waals surface area contributed by atoms with E-state index in [1.165, 1.54) is 5.56 Å². The Kier molecular flexibility index (Phi) is 4.25. The summed E-state index contributed by atoms with van der Waals surface area (Å²) in [5.74, 6) is 0.895. The van der Waals surface area contributed by atoms with Crippen LogP contribution >= 0.6 is 0 Å². The average molecular weight is 249 g/mol. The highest BCUT2D eigenvalue weighted by Crippen LogP contribution is 2.37. The predicted octanol–water partition coefficient (Wildman–Crippen LogP) is 2.91. The third-order valence-electron chi connectivity index (χ3n) is 3.72. The van der Waals surface area contributed by atoms with Gasteiger partial charge in [0.25, 0.3) is 0 Å². The first-order chi connectivity index (χ1) is 8.69. The maximum absolute atomic E-state index is 5.97. The molecule has 0 amide bonds. The average Bonchev–Trinajstić information content (AvgIpc) is 2.84. The van der Waals surface area contributed by atoms with Gasteiger partial charge in [-0.1, -0.05) is 19.1 Å². The summed E-state index contributed by atoms with van der Waals surface area (Å²) in [5, 5.41) is 3.55. The first-order valence-electron chi connectivity index (χ1n) is 6.71. The smallest absolute Gasteiger partial charge is 0.118 e. The largest absolute Gasteiger partial charge is 0.497 e. The van der Waals surface area contributed by atoms with E-state index in [0.29, 0.717) is 0 Å². The topological polar surface area (TPSA) is 30.5 Å². The maximum atomic E-state index is 5.97. The molecule has 1 aliphatic rings. The van der Waals surface area contributed by atoms with Crippen LogP contribution in [0, 0.1) is 0 Å². The van der Waals surface area contributed by atoms with Crippen LogP contribution in [-0.4, -0.2) is 25.9 Å². The minimum Gasteiger partial charge on any atom is -0.497 e. The van der Waals surface area contributed by atoms with Crippen molar-refractivity contribution in [2.45, 2.75) is 38.3 Å². The molecule has 2 rings (SSSR count). The Labute approximate surface area is 109 Å². The third kappa shape index (κ3) is 2.68. The molecule has 0 bridgehead atoms. The van der Waals surface area contributed by atoms with Gasteiger partial charge in [-0.15, -0.1) is 0 Å². The Balaban J connectivity index is 2.22. The standard InChI is InChI=1S/C15H23NO2/c1-4-16-14(15(2)10-5-11-18-15)12-6-8-13(17-3)9-7-12/h6-9,14,16H,4-5,10-11H2,1-3H3. The van der Waals surface area contributed by atoms with Gasteiger partial charge in [0, 0.05) is 6.61 Å². The van der Waals surface area contributed by atoms with Crippen LogP contribution in [0.1, 0.15) is 38.3 Å². The molecule has 0 radical (unpaired) electrons. The van der Waals surface area contributed by atoms with Crippen LogP contribution in [0.2, 0.25) is 0 Å². The molecule has 0 aliphatic carbocycles. The number of likely N-dealkylation sites (N-methyl/N-ethyl adjacent to an activating group) is 1. The number of methoxy groups -OCH3 is 1. The molecule has 1 aromatic rings. The van der Waals surface area contributed by atoms with Gasteiger partial charge in [-0.25, -0.2) is 0 Å². The number of nitrogens with one attached hydrogen (secondary N) is 1. The molecule has 3 heteroatoms. The molecule has 1 heterocycles. The molecule has 18 heavy (non-hydrogen) atoms. The minimum atomic E-state index is -0.0927. The molecule has 1 saturated heterocycles. The fraction of sp³-hybridized carbons (Fsp3) is 0.600. The Morgan fingerprint density at radius 3 is 2.61 bits per heavy atom. The zero-order valence-electron chi connectivity index (χ0n) is 11.5. The van der Waals surface area contributed by atoms with Gasteiger partial charge >= 0.3 is 0 Å². The van der Waals surface area contributed by atoms with Crippen LogP contribution in [-0.2, 0) is 4.74 Å². The van der Waals surface area contributed by atoms with Gasteiger partial charge in [0.15, 0.2) is 0 Å². The van der Waals surface area contributed by atoms with Crippen molar-refractivity contribution in [2.24, 2.45) is 0 Å². The van der Waals surface area contributed by atoms with E-state index in [1.54, 1.807) is 7.11 Å². The monoisotopic (exact) mass is 249 g/mol. The summed E-state index contributed by atoms with van der Waals surface area (Å²) in [5.41, 5.74) is 1.17. The van der Waals surface area contributed by atoms with Crippen molar-refractivity contribution >= 4 is 0 Å². The van der Waals surface area contributed by atoms with Gasteiger partial charge in [0.05, 0.1) is 18.8 Å². The van der Waals surface area contributed by atoms with E-state index in [2.05, 4.69) is 31.3 Å². The lowest BCUT2D eigenvalue weighted by Crippen LogP contribution is -2.41. The number of rotatable bonds is 5. The lowest BCUT2D eigenvalue weighted by Gasteiger charge is -2.34. The zero-order chi connectivity index (χ0) is 13.0. The number of ether oxygens (including phenoxy) is 2. The Hall–Kier alpha value is -1.06. The molecule has 0 spiro atoms. The molecule has 1 N–H and O–H groups in total. The molecular weight excluding hydrogens is 226 g/mol. The zero-order valence-corrected chi connectivity index (χ0v) is 11.5. The molecule has 1 fully saturated rings. The van der Waals surface area contributed by atoms with Crippen molar-refractivity contribution in [1.29, 1.82) is 0 Å². The van der Waals surface area contributed by atoms with Crippen molar-refractivity contribution in [3.05, 3.63) is 29.8 Å². The van der Waals surface area contributed by atoms with Gasteiger partial charge in [0.1, 0.15) is 5.75 Å². The van der Waals surface area contributed by atoms with Crippen LogP contribution in [0.4, 0.5) is 0 Å². The van der Waals surface area contributed by atoms with Crippen LogP contribution in [0.5, 0.6) is 5.75 Å². The predicted molar refractivity (Wildman–Crippen MR) is 73.0 cm³/mol. The highest BCUT2D eigenvalue weighted by molar-refractivity contribution is 5.30. The van der Waals surface area contributed by atoms with Crippen molar-refractivity contribution in [1.82, 2.24) is 5.32 Å². The normalized spacial score (nSPS) is 25.1. The van der Waals surface area contributed by atoms with E-state index in [0.717, 1.165) is 31.7 Å². The molecule has 100 valence electrons. The number of hydrogen-bond donors (Lipinski definition) is 1. The molecule has 1 aromatic carbocycles. The maximum Gasteiger partial charge on any atom is 0.118 e. The van der Waals surface area contributed by atoms with Crippen LogP contribution in [0.3, 0.4) is 0 Å². The van der Waals surface area contributed by atoms with Gasteiger partial charge in [-0.05, 0) is 44.0 Å². The van der Waals surface area contributed by atoms with Crippen molar-refractivity contribution in [3.8, 4) is 5.75 Å². The second-order valence-corrected chi connectivity index (χ2v) is 5.03. The van der Waals surface area contributed by atoms with Gasteiger partial charge in [-0.2, -0.15) is 0 Å². The summed E-state index contributed by atoms with van der Waals surface area (Å²) < 4.78 is 11.2. The quantitative estimate of drug-likeness (QED) is 0.870. The van der Waals surface area contributed by atoms with E-state index < -0.39 is 0 Å². The number of benzene rings is 1. The fourth-order valence-corrected chi connectivity index (χ4v) is 2.72. The van der Waals surface area contributed by atoms with Crippen LogP contribution in [0.25, 0.3) is 0 Å². The van der Waals surface area contributed by atoms with Crippen molar-refractivity contribution in [3.63, 3.8) is 0 Å². The Morgan fingerprint density at radius 1 is 1.39 bits per heavy atom. The third-order valence-corrected chi connectivity index (χ3v) is 3.72. The molecule has 3 nitrogen and oxygen atoms in total. The molecular formula is C15H23NO2. The summed E-state index contributed by atoms with van der Waals surface area (Å²) in [6, 6.07) is 8.52. The Bertz CT molecular complexity index is 369. The minimum absolute atomic E-state index is 0.0927. The molecule has 2 atom stereocenters. The lowest BCUT2D eigenvalue weighted by molar-refractivity contribution is -0.0121. The van der Waals surface area contributed by atoms with Crippen LogP contribution < -0.4 is 10.1 Å². The van der Waals surface area contributed by atoms with Gasteiger partial charge < -0.3 is 14.8 Å². The molecule has 0 aromatic heterocycles. The van der Waals surface area contributed by atoms with Crippen molar-refractivity contribution < 1.29 is 9.47 Å². The number of hydrogen-bond acceptors (Lipinski definition) is 3. The first-order valence-corrected chi connectivity index (χ1v) is 6.71. The molecule has 1 aliphatic heterocycles. The summed E-state index contributed by atoms with van der Waals surface area (Å²) in [4.78, 5) is 0. The second kappa shape index (κ2) is 5.72. The van der Waals surface area contributed by atoms with E-state index in [1.807, 2.05) is 12.1 Å². The molecule has 0 saturated carbocycles. The lowest BCUT2D eigenvalue weighted by atomic mass is 9.87. The van der Waals surface area contributed by atoms with Gasteiger partial charge in [-0.3, -0.25) is 0 Å². The fourth-order valence-electron chi connectivity index (χ4n) is 2.72. The van der Waals surface area contributed by atoms with E-state index in [9.17, 15) is 0 Å². The summed E-state index contributed by atoms with van der Waals surface area (Å²) in [6.07, 6.45) is 2.26.